The molecule has 0 aromatic rings. The molecular weight excluding hydrogens is 236 g/mol. The summed E-state index contributed by atoms with van der Waals surface area (Å²) < 4.78 is 10.3. The number of amides is 1. The van der Waals surface area contributed by atoms with Crippen LogP contribution in [0.25, 0.3) is 0 Å². The van der Waals surface area contributed by atoms with Crippen LogP contribution < -0.4 is 5.32 Å². The van der Waals surface area contributed by atoms with Crippen molar-refractivity contribution < 1.29 is 19.1 Å². The molecule has 1 N–H and O–H groups in total. The highest BCUT2D eigenvalue weighted by Crippen LogP contribution is 2.11. The Kier molecular flexibility index (Phi) is 5.55. The van der Waals surface area contributed by atoms with Crippen molar-refractivity contribution in [2.24, 2.45) is 0 Å². The summed E-state index contributed by atoms with van der Waals surface area (Å²) in [5.74, 6) is -0.656. The molecule has 104 valence electrons. The summed E-state index contributed by atoms with van der Waals surface area (Å²) in [4.78, 5) is 24.8. The van der Waals surface area contributed by atoms with Crippen LogP contribution in [0, 0.1) is 0 Å². The lowest BCUT2D eigenvalue weighted by molar-refractivity contribution is -0.146. The van der Waals surface area contributed by atoms with Gasteiger partial charge in [0.15, 0.2) is 0 Å². The van der Waals surface area contributed by atoms with Crippen LogP contribution in [-0.2, 0) is 19.1 Å². The summed E-state index contributed by atoms with van der Waals surface area (Å²) in [6.45, 7) is 7.32. The molecule has 0 aliphatic carbocycles. The molecule has 18 heavy (non-hydrogen) atoms. The van der Waals surface area contributed by atoms with Gasteiger partial charge in [0.2, 0.25) is 5.91 Å². The van der Waals surface area contributed by atoms with Gasteiger partial charge in [-0.15, -0.1) is 0 Å². The number of methoxy groups -OCH3 is 1. The first-order valence-electron chi connectivity index (χ1n) is 6.15. The fourth-order valence-electron chi connectivity index (χ4n) is 2.26. The third-order valence-electron chi connectivity index (χ3n) is 2.80. The van der Waals surface area contributed by atoms with Crippen molar-refractivity contribution in [1.82, 2.24) is 10.2 Å². The molecule has 1 saturated heterocycles. The van der Waals surface area contributed by atoms with Gasteiger partial charge < -0.3 is 14.8 Å². The lowest BCUT2D eigenvalue weighted by Gasteiger charge is -2.36. The number of carbonyl (C=O) groups is 2. The van der Waals surface area contributed by atoms with E-state index in [1.165, 1.54) is 14.0 Å². The van der Waals surface area contributed by atoms with E-state index in [-0.39, 0.29) is 18.1 Å². The highest BCUT2D eigenvalue weighted by atomic mass is 16.5. The van der Waals surface area contributed by atoms with Crippen molar-refractivity contribution in [2.45, 2.75) is 39.0 Å². The Morgan fingerprint density at radius 1 is 1.39 bits per heavy atom. The van der Waals surface area contributed by atoms with E-state index in [1.54, 1.807) is 0 Å². The van der Waals surface area contributed by atoms with Crippen LogP contribution >= 0.6 is 0 Å². The van der Waals surface area contributed by atoms with Crippen LogP contribution in [-0.4, -0.2) is 61.8 Å². The highest BCUT2D eigenvalue weighted by Gasteiger charge is 2.28. The van der Waals surface area contributed by atoms with E-state index in [2.05, 4.69) is 10.2 Å². The van der Waals surface area contributed by atoms with Crippen molar-refractivity contribution in [3.8, 4) is 0 Å². The fourth-order valence-corrected chi connectivity index (χ4v) is 2.26. The van der Waals surface area contributed by atoms with Gasteiger partial charge in [0, 0.05) is 26.6 Å². The Balaban J connectivity index is 2.58. The number of carbonyl (C=O) groups excluding carboxylic acids is 2. The number of nitrogens with one attached hydrogen (secondary N) is 1. The number of hydrogen-bond donors (Lipinski definition) is 1. The van der Waals surface area contributed by atoms with Gasteiger partial charge in [-0.2, -0.15) is 0 Å². The molecule has 0 bridgehead atoms. The van der Waals surface area contributed by atoms with Gasteiger partial charge in [-0.1, -0.05) is 0 Å². The van der Waals surface area contributed by atoms with E-state index in [1.807, 2.05) is 13.8 Å². The van der Waals surface area contributed by atoms with Crippen LogP contribution in [0.5, 0.6) is 0 Å². The Morgan fingerprint density at radius 2 is 1.94 bits per heavy atom. The molecule has 1 fully saturated rings. The average molecular weight is 258 g/mol. The summed E-state index contributed by atoms with van der Waals surface area (Å²) in [6, 6.07) is -0.620. The monoisotopic (exact) mass is 258 g/mol. The van der Waals surface area contributed by atoms with E-state index in [0.29, 0.717) is 6.54 Å². The third-order valence-corrected chi connectivity index (χ3v) is 2.80. The van der Waals surface area contributed by atoms with Crippen molar-refractivity contribution in [2.75, 3.05) is 26.7 Å². The van der Waals surface area contributed by atoms with Crippen molar-refractivity contribution >= 4 is 11.9 Å². The molecular formula is C12H22N2O4. The lowest BCUT2D eigenvalue weighted by Crippen LogP contribution is -2.53. The van der Waals surface area contributed by atoms with Crippen LogP contribution in [0.1, 0.15) is 20.8 Å². The molecule has 0 spiro atoms. The number of ether oxygens (including phenoxy) is 2. The molecule has 0 aromatic carbocycles. The minimum Gasteiger partial charge on any atom is -0.467 e. The van der Waals surface area contributed by atoms with E-state index in [9.17, 15) is 9.59 Å². The SMILES string of the molecule is COC(=O)C(CN1C[C@@H](C)O[C@@H](C)C1)NC(C)=O. The van der Waals surface area contributed by atoms with Crippen LogP contribution in [0.2, 0.25) is 0 Å². The topological polar surface area (TPSA) is 67.9 Å². The zero-order chi connectivity index (χ0) is 13.7. The van der Waals surface area contributed by atoms with Gasteiger partial charge in [0.05, 0.1) is 19.3 Å². The largest absolute Gasteiger partial charge is 0.467 e. The van der Waals surface area contributed by atoms with Crippen LogP contribution in [0.4, 0.5) is 0 Å². The zero-order valence-corrected chi connectivity index (χ0v) is 11.4. The molecule has 6 nitrogen and oxygen atoms in total. The van der Waals surface area contributed by atoms with Gasteiger partial charge in [0.1, 0.15) is 6.04 Å². The number of esters is 1. The van der Waals surface area contributed by atoms with E-state index >= 15 is 0 Å². The minimum atomic E-state index is -0.620. The van der Waals surface area contributed by atoms with Crippen LogP contribution in [0.15, 0.2) is 0 Å². The maximum absolute atomic E-state index is 11.6. The Hall–Kier alpha value is -1.14. The summed E-state index contributed by atoms with van der Waals surface area (Å²) in [7, 11) is 1.32. The average Bonchev–Trinajstić information content (AvgIpc) is 2.25. The van der Waals surface area contributed by atoms with Gasteiger partial charge in [0.25, 0.3) is 0 Å². The molecule has 1 aliphatic heterocycles. The number of hydrogen-bond acceptors (Lipinski definition) is 5. The first kappa shape index (κ1) is 14.9. The summed E-state index contributed by atoms with van der Waals surface area (Å²) in [6.07, 6.45) is 0.258. The summed E-state index contributed by atoms with van der Waals surface area (Å²) >= 11 is 0. The van der Waals surface area contributed by atoms with Crippen LogP contribution in [0.3, 0.4) is 0 Å². The molecule has 1 heterocycles. The summed E-state index contributed by atoms with van der Waals surface area (Å²) in [5, 5.41) is 2.61. The number of nitrogens with zero attached hydrogens (tertiary/aromatic N) is 1. The molecule has 3 atom stereocenters. The maximum atomic E-state index is 11.6. The van der Waals surface area contributed by atoms with Gasteiger partial charge >= 0.3 is 5.97 Å². The first-order chi connectivity index (χ1) is 8.42. The van der Waals surface area contributed by atoms with Gasteiger partial charge in [-0.3, -0.25) is 9.69 Å². The van der Waals surface area contributed by atoms with Crippen molar-refractivity contribution in [1.29, 1.82) is 0 Å². The normalized spacial score (nSPS) is 26.4. The second kappa shape index (κ2) is 6.70. The molecule has 1 amide bonds. The molecule has 1 unspecified atom stereocenters. The maximum Gasteiger partial charge on any atom is 0.329 e. The molecule has 6 heteroatoms. The predicted octanol–water partition coefficient (Wildman–Crippen LogP) is -0.227. The van der Waals surface area contributed by atoms with Gasteiger partial charge in [-0.25, -0.2) is 4.79 Å². The molecule has 1 rings (SSSR count). The second-order valence-electron chi connectivity index (χ2n) is 4.75. The number of morpholine rings is 1. The number of rotatable bonds is 4. The van der Waals surface area contributed by atoms with Crippen molar-refractivity contribution in [3.05, 3.63) is 0 Å². The summed E-state index contributed by atoms with van der Waals surface area (Å²) in [5.41, 5.74) is 0. The molecule has 0 saturated carbocycles. The minimum absolute atomic E-state index is 0.129. The highest BCUT2D eigenvalue weighted by molar-refractivity contribution is 5.83. The van der Waals surface area contributed by atoms with Crippen molar-refractivity contribution in [3.63, 3.8) is 0 Å². The van der Waals surface area contributed by atoms with Gasteiger partial charge in [-0.05, 0) is 13.8 Å². The molecule has 0 radical (unpaired) electrons. The molecule has 1 aliphatic rings. The third kappa shape index (κ3) is 4.62. The zero-order valence-electron chi connectivity index (χ0n) is 11.4. The quantitative estimate of drug-likeness (QED) is 0.706. The molecule has 0 aromatic heterocycles. The van der Waals surface area contributed by atoms with E-state index in [0.717, 1.165) is 13.1 Å². The predicted molar refractivity (Wildman–Crippen MR) is 66.1 cm³/mol. The smallest absolute Gasteiger partial charge is 0.329 e. The Bertz CT molecular complexity index is 298. The van der Waals surface area contributed by atoms with E-state index < -0.39 is 12.0 Å². The standard InChI is InChI=1S/C12H22N2O4/c1-8-5-14(6-9(2)18-8)7-11(12(16)17-4)13-10(3)15/h8-9,11H,5-7H2,1-4H3,(H,13,15)/t8-,9+,11?. The lowest BCUT2D eigenvalue weighted by atomic mass is 10.2. The first-order valence-corrected chi connectivity index (χ1v) is 6.15. The Morgan fingerprint density at radius 3 is 2.39 bits per heavy atom. The fraction of sp³-hybridized carbons (Fsp3) is 0.833. The Labute approximate surface area is 108 Å². The van der Waals surface area contributed by atoms with E-state index in [4.69, 9.17) is 9.47 Å². The second-order valence-corrected chi connectivity index (χ2v) is 4.75.